The van der Waals surface area contributed by atoms with Crippen LogP contribution in [0.25, 0.3) is 0 Å². The summed E-state index contributed by atoms with van der Waals surface area (Å²) in [6.45, 7) is 0.776. The van der Waals surface area contributed by atoms with Crippen LogP contribution in [0.2, 0.25) is 5.02 Å². The number of sulfonamides is 1. The van der Waals surface area contributed by atoms with Gasteiger partial charge in [-0.15, -0.1) is 0 Å². The van der Waals surface area contributed by atoms with Gasteiger partial charge < -0.3 is 15.0 Å². The van der Waals surface area contributed by atoms with Gasteiger partial charge in [0, 0.05) is 12.6 Å². The molecule has 8 nitrogen and oxygen atoms in total. The lowest BCUT2D eigenvalue weighted by atomic mass is 9.95. The molecule has 0 saturated heterocycles. The Morgan fingerprint density at radius 2 is 1.70 bits per heavy atom. The maximum Gasteiger partial charge on any atom is 0.417 e. The average molecular weight is 680 g/mol. The predicted molar refractivity (Wildman–Crippen MR) is 170 cm³/mol. The summed E-state index contributed by atoms with van der Waals surface area (Å²) in [5, 5.41) is 2.44. The molecule has 0 unspecified atom stereocenters. The standard InChI is InChI=1S/C33H37ClF3N3O5S/c1-3-30(32(42)38-24-12-6-4-7-13-24)39(21-23-11-10-14-26(19-23)45-2)31(41)22-40(46(43,44)27-15-8-5-9-16-27)25-17-18-29(34)28(20-25)33(35,36)37/h5,8-11,14-20,24,30H,3-4,6-7,12-13,21-22H2,1-2H3,(H,38,42)/t30-/m0/s1. The Morgan fingerprint density at radius 1 is 1.00 bits per heavy atom. The first-order chi connectivity index (χ1) is 21.8. The van der Waals surface area contributed by atoms with Crippen molar-refractivity contribution in [1.82, 2.24) is 10.2 Å². The summed E-state index contributed by atoms with van der Waals surface area (Å²) >= 11 is 5.85. The SMILES string of the molecule is CC[C@@H](C(=O)NC1CCCCC1)N(Cc1cccc(OC)c1)C(=O)CN(c1ccc(Cl)c(C(F)(F)F)c1)S(=O)(=O)c1ccccc1. The normalized spacial score (nSPS) is 14.7. The second kappa shape index (κ2) is 15.2. The van der Waals surface area contributed by atoms with E-state index in [9.17, 15) is 31.2 Å². The molecule has 0 spiro atoms. The molecule has 248 valence electrons. The van der Waals surface area contributed by atoms with Crippen LogP contribution in [-0.2, 0) is 32.3 Å². The first kappa shape index (κ1) is 35.1. The van der Waals surface area contributed by atoms with Crippen molar-refractivity contribution in [3.05, 3.63) is 88.9 Å². The Balaban J connectivity index is 1.77. The van der Waals surface area contributed by atoms with Gasteiger partial charge in [-0.05, 0) is 67.3 Å². The number of ether oxygens (including phenoxy) is 1. The number of hydrogen-bond acceptors (Lipinski definition) is 5. The predicted octanol–water partition coefficient (Wildman–Crippen LogP) is 6.82. The number of halogens is 4. The molecule has 2 amide bonds. The Morgan fingerprint density at radius 3 is 2.33 bits per heavy atom. The maximum absolute atomic E-state index is 14.3. The van der Waals surface area contributed by atoms with Crippen molar-refractivity contribution in [1.29, 1.82) is 0 Å². The van der Waals surface area contributed by atoms with Crippen LogP contribution in [0, 0.1) is 0 Å². The van der Waals surface area contributed by atoms with Gasteiger partial charge in [0.1, 0.15) is 18.3 Å². The topological polar surface area (TPSA) is 96.0 Å². The molecule has 1 aliphatic rings. The van der Waals surface area contributed by atoms with E-state index in [-0.39, 0.29) is 29.8 Å². The molecule has 0 heterocycles. The minimum absolute atomic E-state index is 0.0473. The zero-order valence-corrected chi connectivity index (χ0v) is 27.2. The Kier molecular flexibility index (Phi) is 11.6. The lowest BCUT2D eigenvalue weighted by Crippen LogP contribution is -2.54. The van der Waals surface area contributed by atoms with Gasteiger partial charge in [-0.1, -0.05) is 68.1 Å². The number of rotatable bonds is 12. The summed E-state index contributed by atoms with van der Waals surface area (Å²) < 4.78 is 75.4. The molecule has 1 N–H and O–H groups in total. The second-order valence-electron chi connectivity index (χ2n) is 11.1. The highest BCUT2D eigenvalue weighted by Gasteiger charge is 2.37. The van der Waals surface area contributed by atoms with Gasteiger partial charge in [0.15, 0.2) is 0 Å². The van der Waals surface area contributed by atoms with Crippen molar-refractivity contribution in [2.24, 2.45) is 0 Å². The lowest BCUT2D eigenvalue weighted by Gasteiger charge is -2.34. The molecule has 4 rings (SSSR count). The Bertz CT molecular complexity index is 1620. The molecule has 13 heteroatoms. The molecular weight excluding hydrogens is 643 g/mol. The van der Waals surface area contributed by atoms with Crippen LogP contribution < -0.4 is 14.4 Å². The monoisotopic (exact) mass is 679 g/mol. The summed E-state index contributed by atoms with van der Waals surface area (Å²) in [6, 6.07) is 15.6. The summed E-state index contributed by atoms with van der Waals surface area (Å²) in [4.78, 5) is 29.0. The molecule has 1 atom stereocenters. The van der Waals surface area contributed by atoms with Crippen molar-refractivity contribution < 1.29 is 35.9 Å². The van der Waals surface area contributed by atoms with Crippen LogP contribution in [0.3, 0.4) is 0 Å². The molecule has 3 aromatic carbocycles. The van der Waals surface area contributed by atoms with Crippen LogP contribution in [-0.4, -0.2) is 50.9 Å². The van der Waals surface area contributed by atoms with E-state index >= 15 is 0 Å². The molecular formula is C33H37ClF3N3O5S. The van der Waals surface area contributed by atoms with Gasteiger partial charge in [0.25, 0.3) is 10.0 Å². The third-order valence-electron chi connectivity index (χ3n) is 7.98. The zero-order valence-electron chi connectivity index (χ0n) is 25.6. The van der Waals surface area contributed by atoms with Crippen LogP contribution in [0.15, 0.2) is 77.7 Å². The number of carbonyl (C=O) groups is 2. The van der Waals surface area contributed by atoms with E-state index in [2.05, 4.69) is 5.32 Å². The first-order valence-corrected chi connectivity index (χ1v) is 16.8. The van der Waals surface area contributed by atoms with Gasteiger partial charge in [0.05, 0.1) is 28.3 Å². The maximum atomic E-state index is 14.3. The van der Waals surface area contributed by atoms with Crippen molar-refractivity contribution in [2.75, 3.05) is 18.0 Å². The molecule has 1 saturated carbocycles. The quantitative estimate of drug-likeness (QED) is 0.227. The van der Waals surface area contributed by atoms with Gasteiger partial charge >= 0.3 is 6.18 Å². The summed E-state index contributed by atoms with van der Waals surface area (Å²) in [5.41, 5.74) is -1.05. The average Bonchev–Trinajstić information content (AvgIpc) is 3.04. The minimum atomic E-state index is -4.89. The fourth-order valence-corrected chi connectivity index (χ4v) is 7.22. The fourth-order valence-electron chi connectivity index (χ4n) is 5.57. The lowest BCUT2D eigenvalue weighted by molar-refractivity contribution is -0.140. The van der Waals surface area contributed by atoms with Crippen molar-refractivity contribution >= 4 is 39.1 Å². The third kappa shape index (κ3) is 8.52. The number of alkyl halides is 3. The van der Waals surface area contributed by atoms with Gasteiger partial charge in [-0.25, -0.2) is 8.42 Å². The highest BCUT2D eigenvalue weighted by atomic mass is 35.5. The molecule has 46 heavy (non-hydrogen) atoms. The van der Waals surface area contributed by atoms with Gasteiger partial charge in [-0.2, -0.15) is 13.2 Å². The van der Waals surface area contributed by atoms with Crippen molar-refractivity contribution in [3.8, 4) is 5.75 Å². The zero-order chi connectivity index (χ0) is 33.5. The molecule has 0 aromatic heterocycles. The highest BCUT2D eigenvalue weighted by Crippen LogP contribution is 2.38. The fraction of sp³-hybridized carbons (Fsp3) is 0.394. The molecule has 1 fully saturated rings. The minimum Gasteiger partial charge on any atom is -0.497 e. The van der Waals surface area contributed by atoms with Crippen LogP contribution >= 0.6 is 11.6 Å². The number of anilines is 1. The summed E-state index contributed by atoms with van der Waals surface area (Å²) in [6.07, 6.45) is -0.0268. The van der Waals surface area contributed by atoms with Gasteiger partial charge in [-0.3, -0.25) is 13.9 Å². The largest absolute Gasteiger partial charge is 0.497 e. The molecule has 0 aliphatic heterocycles. The number of amides is 2. The smallest absolute Gasteiger partial charge is 0.417 e. The first-order valence-electron chi connectivity index (χ1n) is 15.0. The summed E-state index contributed by atoms with van der Waals surface area (Å²) in [5.74, 6) is -0.649. The number of methoxy groups -OCH3 is 1. The number of hydrogen-bond donors (Lipinski definition) is 1. The van der Waals surface area contributed by atoms with E-state index in [1.807, 2.05) is 0 Å². The number of nitrogens with one attached hydrogen (secondary N) is 1. The third-order valence-corrected chi connectivity index (χ3v) is 10.1. The van der Waals surface area contributed by atoms with E-state index in [1.54, 1.807) is 37.3 Å². The second-order valence-corrected chi connectivity index (χ2v) is 13.4. The van der Waals surface area contributed by atoms with Crippen molar-refractivity contribution in [2.45, 2.75) is 75.1 Å². The Hall–Kier alpha value is -3.77. The number of nitrogens with zero attached hydrogens (tertiary/aromatic N) is 2. The number of benzene rings is 3. The van der Waals surface area contributed by atoms with E-state index in [1.165, 1.54) is 36.3 Å². The van der Waals surface area contributed by atoms with E-state index in [4.69, 9.17) is 16.3 Å². The highest BCUT2D eigenvalue weighted by molar-refractivity contribution is 7.92. The van der Waals surface area contributed by atoms with E-state index < -0.39 is 51.0 Å². The molecule has 1 aliphatic carbocycles. The molecule has 0 bridgehead atoms. The van der Waals surface area contributed by atoms with Crippen LogP contribution in [0.4, 0.5) is 18.9 Å². The Labute approximate surface area is 272 Å². The van der Waals surface area contributed by atoms with Crippen molar-refractivity contribution in [3.63, 3.8) is 0 Å². The van der Waals surface area contributed by atoms with Crippen LogP contribution in [0.5, 0.6) is 5.75 Å². The number of carbonyl (C=O) groups excluding carboxylic acids is 2. The van der Waals surface area contributed by atoms with E-state index in [0.717, 1.165) is 44.2 Å². The van der Waals surface area contributed by atoms with E-state index in [0.29, 0.717) is 21.7 Å². The van der Waals surface area contributed by atoms with Gasteiger partial charge in [0.2, 0.25) is 11.8 Å². The molecule has 0 radical (unpaired) electrons. The molecule has 3 aromatic rings. The summed E-state index contributed by atoms with van der Waals surface area (Å²) in [7, 11) is -3.07. The van der Waals surface area contributed by atoms with Crippen LogP contribution in [0.1, 0.15) is 56.6 Å².